The molecule has 2 aromatic rings. The minimum Gasteiger partial charge on any atom is -0.360 e. The van der Waals surface area contributed by atoms with Crippen molar-refractivity contribution in [3.05, 3.63) is 47.9 Å². The van der Waals surface area contributed by atoms with Crippen molar-refractivity contribution in [2.75, 3.05) is 38.5 Å². The third-order valence-corrected chi connectivity index (χ3v) is 6.01. The van der Waals surface area contributed by atoms with Crippen molar-refractivity contribution >= 4 is 9.84 Å². The number of rotatable bonds is 6. The topological polar surface area (TPSA) is 66.7 Å². The van der Waals surface area contributed by atoms with Crippen LogP contribution in [0.1, 0.15) is 11.5 Å². The second kappa shape index (κ2) is 7.46. The van der Waals surface area contributed by atoms with Gasteiger partial charge < -0.3 is 4.52 Å². The zero-order chi connectivity index (χ0) is 17.0. The molecule has 0 aliphatic carbocycles. The van der Waals surface area contributed by atoms with Crippen LogP contribution in [0.5, 0.6) is 0 Å². The largest absolute Gasteiger partial charge is 0.360 e. The van der Waals surface area contributed by atoms with Crippen LogP contribution < -0.4 is 0 Å². The minimum absolute atomic E-state index is 0.165. The standard InChI is InChI=1S/C17H23N3O3S/c1-15-13-16(23-18-15)14-20-9-7-19(8-10-20)11-12-24(21,22)17-5-3-2-4-6-17/h2-6,13H,7-12,14H2,1H3. The summed E-state index contributed by atoms with van der Waals surface area (Å²) in [5.74, 6) is 1.05. The fourth-order valence-corrected chi connectivity index (χ4v) is 4.18. The van der Waals surface area contributed by atoms with Crippen molar-refractivity contribution in [2.24, 2.45) is 0 Å². The molecule has 0 spiro atoms. The summed E-state index contributed by atoms with van der Waals surface area (Å²) in [6, 6.07) is 10.6. The summed E-state index contributed by atoms with van der Waals surface area (Å²) in [5, 5.41) is 3.90. The molecule has 3 rings (SSSR count). The number of aryl methyl sites for hydroxylation is 1. The van der Waals surface area contributed by atoms with Gasteiger partial charge in [-0.25, -0.2) is 8.42 Å². The van der Waals surface area contributed by atoms with Gasteiger partial charge >= 0.3 is 0 Å². The zero-order valence-electron chi connectivity index (χ0n) is 13.9. The highest BCUT2D eigenvalue weighted by Gasteiger charge is 2.21. The number of hydrogen-bond acceptors (Lipinski definition) is 6. The van der Waals surface area contributed by atoms with Crippen molar-refractivity contribution in [3.63, 3.8) is 0 Å². The lowest BCUT2D eigenvalue weighted by molar-refractivity contribution is 0.123. The van der Waals surface area contributed by atoms with Gasteiger partial charge in [-0.1, -0.05) is 23.4 Å². The third-order valence-electron chi connectivity index (χ3n) is 4.30. The molecule has 1 aromatic heterocycles. The number of nitrogens with zero attached hydrogens (tertiary/aromatic N) is 3. The maximum Gasteiger partial charge on any atom is 0.179 e. The van der Waals surface area contributed by atoms with Crippen LogP contribution in [0.4, 0.5) is 0 Å². The van der Waals surface area contributed by atoms with Gasteiger partial charge in [-0.3, -0.25) is 9.80 Å². The van der Waals surface area contributed by atoms with E-state index in [9.17, 15) is 8.42 Å². The number of benzene rings is 1. The van der Waals surface area contributed by atoms with E-state index in [1.54, 1.807) is 24.3 Å². The molecule has 0 atom stereocenters. The lowest BCUT2D eigenvalue weighted by atomic mass is 10.3. The Labute approximate surface area is 143 Å². The number of hydrogen-bond donors (Lipinski definition) is 0. The first kappa shape index (κ1) is 17.1. The van der Waals surface area contributed by atoms with E-state index in [1.165, 1.54) is 0 Å². The summed E-state index contributed by atoms with van der Waals surface area (Å²) in [5.41, 5.74) is 0.898. The summed E-state index contributed by atoms with van der Waals surface area (Å²) in [4.78, 5) is 4.93. The summed E-state index contributed by atoms with van der Waals surface area (Å²) in [7, 11) is -3.20. The van der Waals surface area contributed by atoms with Crippen LogP contribution in [0, 0.1) is 6.92 Å². The first-order chi connectivity index (χ1) is 11.5. The Morgan fingerprint density at radius 2 is 1.75 bits per heavy atom. The van der Waals surface area contributed by atoms with Gasteiger partial charge in [0.2, 0.25) is 0 Å². The molecule has 0 bridgehead atoms. The Bertz CT molecular complexity index is 750. The van der Waals surface area contributed by atoms with Crippen LogP contribution in [0.15, 0.2) is 45.8 Å². The molecule has 1 fully saturated rings. The summed E-state index contributed by atoms with van der Waals surface area (Å²) >= 11 is 0. The summed E-state index contributed by atoms with van der Waals surface area (Å²) in [6.07, 6.45) is 0. The molecule has 24 heavy (non-hydrogen) atoms. The van der Waals surface area contributed by atoms with Gasteiger partial charge in [-0.2, -0.15) is 0 Å². The predicted molar refractivity (Wildman–Crippen MR) is 91.5 cm³/mol. The smallest absolute Gasteiger partial charge is 0.179 e. The normalized spacial score (nSPS) is 17.2. The van der Waals surface area contributed by atoms with E-state index in [0.29, 0.717) is 11.4 Å². The fourth-order valence-electron chi connectivity index (χ4n) is 2.88. The van der Waals surface area contributed by atoms with Gasteiger partial charge in [0.1, 0.15) is 0 Å². The Morgan fingerprint density at radius 3 is 2.38 bits per heavy atom. The van der Waals surface area contributed by atoms with Gasteiger partial charge in [-0.05, 0) is 19.1 Å². The van der Waals surface area contributed by atoms with Gasteiger partial charge in [0.25, 0.3) is 0 Å². The molecule has 0 unspecified atom stereocenters. The van der Waals surface area contributed by atoms with Gasteiger partial charge in [-0.15, -0.1) is 0 Å². The van der Waals surface area contributed by atoms with Crippen LogP contribution in [0.2, 0.25) is 0 Å². The lowest BCUT2D eigenvalue weighted by Crippen LogP contribution is -2.47. The van der Waals surface area contributed by atoms with Crippen molar-refractivity contribution in [3.8, 4) is 0 Å². The molecular formula is C17H23N3O3S. The lowest BCUT2D eigenvalue weighted by Gasteiger charge is -2.33. The number of piperazine rings is 1. The SMILES string of the molecule is Cc1cc(CN2CCN(CCS(=O)(=O)c3ccccc3)CC2)on1. The number of aromatic nitrogens is 1. The Kier molecular flexibility index (Phi) is 5.33. The van der Waals surface area contributed by atoms with Gasteiger partial charge in [0.05, 0.1) is 22.9 Å². The summed E-state index contributed by atoms with van der Waals surface area (Å²) in [6.45, 7) is 6.81. The molecule has 1 aromatic carbocycles. The first-order valence-electron chi connectivity index (χ1n) is 8.18. The molecule has 6 nitrogen and oxygen atoms in total. The van der Waals surface area contributed by atoms with E-state index < -0.39 is 9.84 Å². The molecule has 1 aliphatic rings. The maximum absolute atomic E-state index is 12.3. The van der Waals surface area contributed by atoms with E-state index in [4.69, 9.17) is 4.52 Å². The van der Waals surface area contributed by atoms with Crippen LogP contribution in [0.25, 0.3) is 0 Å². The van der Waals surface area contributed by atoms with Gasteiger partial charge in [0, 0.05) is 38.8 Å². The molecule has 0 saturated carbocycles. The Hall–Kier alpha value is -1.70. The minimum atomic E-state index is -3.20. The zero-order valence-corrected chi connectivity index (χ0v) is 14.7. The molecule has 0 N–H and O–H groups in total. The van der Waals surface area contributed by atoms with Gasteiger partial charge in [0.15, 0.2) is 15.6 Å². The average Bonchev–Trinajstić information content (AvgIpc) is 3.00. The molecule has 0 amide bonds. The second-order valence-corrected chi connectivity index (χ2v) is 8.29. The van der Waals surface area contributed by atoms with E-state index in [0.717, 1.165) is 44.2 Å². The van der Waals surface area contributed by atoms with Crippen LogP contribution in [-0.4, -0.2) is 61.9 Å². The highest BCUT2D eigenvalue weighted by atomic mass is 32.2. The first-order valence-corrected chi connectivity index (χ1v) is 9.83. The summed E-state index contributed by atoms with van der Waals surface area (Å²) < 4.78 is 29.9. The highest BCUT2D eigenvalue weighted by molar-refractivity contribution is 7.91. The van der Waals surface area contributed by atoms with Crippen LogP contribution in [-0.2, 0) is 16.4 Å². The molecule has 7 heteroatoms. The maximum atomic E-state index is 12.3. The highest BCUT2D eigenvalue weighted by Crippen LogP contribution is 2.12. The van der Waals surface area contributed by atoms with E-state index in [1.807, 2.05) is 19.1 Å². The van der Waals surface area contributed by atoms with Crippen molar-refractivity contribution in [1.29, 1.82) is 0 Å². The molecule has 1 aliphatic heterocycles. The monoisotopic (exact) mass is 349 g/mol. The van der Waals surface area contributed by atoms with Crippen molar-refractivity contribution < 1.29 is 12.9 Å². The van der Waals surface area contributed by atoms with E-state index in [-0.39, 0.29) is 5.75 Å². The quantitative estimate of drug-likeness (QED) is 0.789. The Morgan fingerprint density at radius 1 is 1.08 bits per heavy atom. The molecule has 0 radical (unpaired) electrons. The van der Waals surface area contributed by atoms with E-state index >= 15 is 0 Å². The molecular weight excluding hydrogens is 326 g/mol. The van der Waals surface area contributed by atoms with Crippen LogP contribution >= 0.6 is 0 Å². The molecule has 2 heterocycles. The molecule has 130 valence electrons. The average molecular weight is 349 g/mol. The second-order valence-electron chi connectivity index (χ2n) is 6.18. The van der Waals surface area contributed by atoms with Crippen molar-refractivity contribution in [2.45, 2.75) is 18.4 Å². The Balaban J connectivity index is 1.45. The number of sulfone groups is 1. The predicted octanol–water partition coefficient (Wildman–Crippen LogP) is 1.57. The third kappa shape index (κ3) is 4.43. The molecule has 1 saturated heterocycles. The van der Waals surface area contributed by atoms with Crippen LogP contribution in [0.3, 0.4) is 0 Å². The van der Waals surface area contributed by atoms with Crippen molar-refractivity contribution in [1.82, 2.24) is 15.0 Å². The van der Waals surface area contributed by atoms with E-state index in [2.05, 4.69) is 15.0 Å². The fraction of sp³-hybridized carbons (Fsp3) is 0.471.